The van der Waals surface area contributed by atoms with Gasteiger partial charge in [0.05, 0.1) is 25.0 Å². The Labute approximate surface area is 146 Å². The summed E-state index contributed by atoms with van der Waals surface area (Å²) in [5.41, 5.74) is 0.334. The summed E-state index contributed by atoms with van der Waals surface area (Å²) in [5.74, 6) is 0.206. The monoisotopic (exact) mass is 352 g/mol. The van der Waals surface area contributed by atoms with E-state index in [9.17, 15) is 9.59 Å². The number of likely N-dealkylation sites (tertiary alicyclic amines) is 1. The van der Waals surface area contributed by atoms with Crippen molar-refractivity contribution >= 4 is 23.6 Å². The number of hydrogen-bond donors (Lipinski definition) is 1. The highest BCUT2D eigenvalue weighted by Crippen LogP contribution is 2.28. The van der Waals surface area contributed by atoms with E-state index >= 15 is 0 Å². The lowest BCUT2D eigenvalue weighted by molar-refractivity contribution is -0.146. The number of nitrogens with one attached hydrogen (secondary N) is 1. The fourth-order valence-electron chi connectivity index (χ4n) is 3.82. The molecule has 24 heavy (non-hydrogen) atoms. The van der Waals surface area contributed by atoms with Crippen LogP contribution in [-0.4, -0.2) is 57.8 Å². The second-order valence-corrected chi connectivity index (χ2v) is 7.25. The average Bonchev–Trinajstić information content (AvgIpc) is 3.25. The highest BCUT2D eigenvalue weighted by molar-refractivity contribution is 6.99. The van der Waals surface area contributed by atoms with Gasteiger partial charge in [0.15, 0.2) is 5.69 Å². The van der Waals surface area contributed by atoms with E-state index in [1.165, 1.54) is 45.4 Å². The van der Waals surface area contributed by atoms with Crippen molar-refractivity contribution in [3.8, 4) is 0 Å². The van der Waals surface area contributed by atoms with Crippen LogP contribution in [0.3, 0.4) is 0 Å². The molecular formula is C16H24N4O3S. The molecule has 2 heterocycles. The van der Waals surface area contributed by atoms with Crippen LogP contribution in [0, 0.1) is 5.92 Å². The molecule has 2 fully saturated rings. The molecule has 1 aromatic heterocycles. The van der Waals surface area contributed by atoms with Crippen LogP contribution in [0.15, 0.2) is 6.20 Å². The molecule has 1 saturated carbocycles. The van der Waals surface area contributed by atoms with Crippen molar-refractivity contribution in [1.29, 1.82) is 0 Å². The molecule has 0 aromatic carbocycles. The number of methoxy groups -OCH3 is 1. The summed E-state index contributed by atoms with van der Waals surface area (Å²) < 4.78 is 12.8. The standard InChI is InChI=1S/C16H24N4O3S/c1-23-16(22)14-7-12(18-15(21)13-8-17-24-19-13)10-20(14)9-11-5-3-2-4-6-11/h8,11-12,14H,2-7,9-10H2,1H3,(H,18,21)/t12-,14-/m0/s1. The molecule has 7 nitrogen and oxygen atoms in total. The second-order valence-electron chi connectivity index (χ2n) is 6.70. The minimum atomic E-state index is -0.268. The maximum Gasteiger partial charge on any atom is 0.323 e. The van der Waals surface area contributed by atoms with Crippen molar-refractivity contribution in [3.05, 3.63) is 11.9 Å². The van der Waals surface area contributed by atoms with Gasteiger partial charge >= 0.3 is 5.97 Å². The fraction of sp³-hybridized carbons (Fsp3) is 0.750. The van der Waals surface area contributed by atoms with Crippen LogP contribution in [0.25, 0.3) is 0 Å². The molecule has 0 bridgehead atoms. The van der Waals surface area contributed by atoms with Crippen LogP contribution in [-0.2, 0) is 9.53 Å². The Morgan fingerprint density at radius 2 is 2.17 bits per heavy atom. The molecule has 0 spiro atoms. The normalized spacial score (nSPS) is 25.5. The van der Waals surface area contributed by atoms with E-state index in [0.717, 1.165) is 18.3 Å². The maximum absolute atomic E-state index is 12.2. The van der Waals surface area contributed by atoms with Gasteiger partial charge in [-0.15, -0.1) is 0 Å². The molecular weight excluding hydrogens is 328 g/mol. The van der Waals surface area contributed by atoms with Crippen LogP contribution >= 0.6 is 11.7 Å². The number of nitrogens with zero attached hydrogens (tertiary/aromatic N) is 3. The molecule has 8 heteroatoms. The van der Waals surface area contributed by atoms with Crippen LogP contribution in [0.4, 0.5) is 0 Å². The molecule has 1 amide bonds. The predicted octanol–water partition coefficient (Wildman–Crippen LogP) is 1.46. The van der Waals surface area contributed by atoms with E-state index in [2.05, 4.69) is 19.0 Å². The lowest BCUT2D eigenvalue weighted by atomic mass is 9.89. The number of carbonyl (C=O) groups is 2. The quantitative estimate of drug-likeness (QED) is 0.808. The molecule has 1 saturated heterocycles. The molecule has 0 radical (unpaired) electrons. The van der Waals surface area contributed by atoms with Gasteiger partial charge in [-0.1, -0.05) is 19.3 Å². The first-order chi connectivity index (χ1) is 11.7. The van der Waals surface area contributed by atoms with Crippen molar-refractivity contribution in [2.45, 2.75) is 50.6 Å². The number of carbonyl (C=O) groups excluding carboxylic acids is 2. The van der Waals surface area contributed by atoms with Gasteiger partial charge in [-0.3, -0.25) is 14.5 Å². The predicted molar refractivity (Wildman–Crippen MR) is 89.7 cm³/mol. The number of amides is 1. The molecule has 1 aliphatic heterocycles. The van der Waals surface area contributed by atoms with Gasteiger partial charge in [0.2, 0.25) is 0 Å². The first-order valence-corrected chi connectivity index (χ1v) is 9.30. The van der Waals surface area contributed by atoms with Crippen LogP contribution < -0.4 is 5.32 Å². The fourth-order valence-corrected chi connectivity index (χ4v) is 4.23. The summed E-state index contributed by atoms with van der Waals surface area (Å²) in [6.07, 6.45) is 8.38. The third kappa shape index (κ3) is 4.10. The zero-order valence-electron chi connectivity index (χ0n) is 13.9. The van der Waals surface area contributed by atoms with Crippen molar-refractivity contribution in [3.63, 3.8) is 0 Å². The summed E-state index contributed by atoms with van der Waals surface area (Å²) in [6.45, 7) is 1.59. The van der Waals surface area contributed by atoms with Crippen molar-refractivity contribution in [2.75, 3.05) is 20.2 Å². The average molecular weight is 352 g/mol. The molecule has 1 aliphatic carbocycles. The lowest BCUT2D eigenvalue weighted by Gasteiger charge is -2.29. The van der Waals surface area contributed by atoms with Gasteiger partial charge < -0.3 is 10.1 Å². The Balaban J connectivity index is 1.61. The summed E-state index contributed by atoms with van der Waals surface area (Å²) in [7, 11) is 1.42. The number of ether oxygens (including phenoxy) is 1. The summed E-state index contributed by atoms with van der Waals surface area (Å²) in [4.78, 5) is 26.5. The van der Waals surface area contributed by atoms with Gasteiger partial charge in [-0.25, -0.2) is 0 Å². The third-order valence-electron chi connectivity index (χ3n) is 5.02. The van der Waals surface area contributed by atoms with Gasteiger partial charge in [-0.2, -0.15) is 8.75 Å². The van der Waals surface area contributed by atoms with Gasteiger partial charge in [0, 0.05) is 19.1 Å². The Bertz CT molecular complexity index is 560. The summed E-state index contributed by atoms with van der Waals surface area (Å²) in [6, 6.07) is -0.331. The Kier molecular flexibility index (Phi) is 5.78. The Morgan fingerprint density at radius 3 is 2.83 bits per heavy atom. The second kappa shape index (κ2) is 8.02. The third-order valence-corrected chi connectivity index (χ3v) is 5.50. The molecule has 2 atom stereocenters. The van der Waals surface area contributed by atoms with Crippen LogP contribution in [0.2, 0.25) is 0 Å². The zero-order valence-corrected chi connectivity index (χ0v) is 14.8. The van der Waals surface area contributed by atoms with Crippen LogP contribution in [0.1, 0.15) is 49.0 Å². The first kappa shape index (κ1) is 17.3. The van der Waals surface area contributed by atoms with Gasteiger partial charge in [0.25, 0.3) is 5.91 Å². The number of aromatic nitrogens is 2. The van der Waals surface area contributed by atoms with Crippen molar-refractivity contribution in [2.24, 2.45) is 5.92 Å². The topological polar surface area (TPSA) is 84.4 Å². The lowest BCUT2D eigenvalue weighted by Crippen LogP contribution is -2.41. The molecule has 2 aliphatic rings. The minimum Gasteiger partial charge on any atom is -0.468 e. The SMILES string of the molecule is COC(=O)[C@@H]1C[C@H](NC(=O)c2cnsn2)CN1CC1CCCCC1. The minimum absolute atomic E-state index is 0.0631. The van der Waals surface area contributed by atoms with E-state index in [0.29, 0.717) is 24.6 Å². The first-order valence-electron chi connectivity index (χ1n) is 8.57. The summed E-state index contributed by atoms with van der Waals surface area (Å²) in [5, 5.41) is 2.97. The van der Waals surface area contributed by atoms with E-state index in [1.807, 2.05) is 0 Å². The molecule has 3 rings (SSSR count). The zero-order chi connectivity index (χ0) is 16.9. The smallest absolute Gasteiger partial charge is 0.323 e. The van der Waals surface area contributed by atoms with E-state index in [4.69, 9.17) is 4.74 Å². The molecule has 1 N–H and O–H groups in total. The van der Waals surface area contributed by atoms with E-state index < -0.39 is 0 Å². The Morgan fingerprint density at radius 1 is 1.38 bits per heavy atom. The highest BCUT2D eigenvalue weighted by Gasteiger charge is 2.39. The van der Waals surface area contributed by atoms with Crippen molar-refractivity contribution in [1.82, 2.24) is 19.0 Å². The highest BCUT2D eigenvalue weighted by atomic mass is 32.1. The maximum atomic E-state index is 12.2. The van der Waals surface area contributed by atoms with E-state index in [-0.39, 0.29) is 24.0 Å². The Hall–Kier alpha value is -1.54. The van der Waals surface area contributed by atoms with Crippen LogP contribution in [0.5, 0.6) is 0 Å². The largest absolute Gasteiger partial charge is 0.468 e. The number of rotatable bonds is 5. The number of hydrogen-bond acceptors (Lipinski definition) is 7. The van der Waals surface area contributed by atoms with Gasteiger partial charge in [0.1, 0.15) is 6.04 Å². The molecule has 0 unspecified atom stereocenters. The van der Waals surface area contributed by atoms with Gasteiger partial charge in [-0.05, 0) is 25.2 Å². The molecule has 132 valence electrons. The number of esters is 1. The summed E-state index contributed by atoms with van der Waals surface area (Å²) >= 11 is 1.01. The van der Waals surface area contributed by atoms with Crippen molar-refractivity contribution < 1.29 is 14.3 Å². The molecule has 1 aromatic rings. The van der Waals surface area contributed by atoms with E-state index in [1.54, 1.807) is 0 Å².